The van der Waals surface area contributed by atoms with Gasteiger partial charge in [-0.2, -0.15) is 0 Å². The Balaban J connectivity index is 1.61. The fourth-order valence-corrected chi connectivity index (χ4v) is 4.03. The van der Waals surface area contributed by atoms with E-state index in [-0.39, 0.29) is 11.4 Å². The first-order valence-electron chi connectivity index (χ1n) is 6.51. The van der Waals surface area contributed by atoms with Gasteiger partial charge in [-0.05, 0) is 24.3 Å². The summed E-state index contributed by atoms with van der Waals surface area (Å²) in [4.78, 5) is 1.22. The van der Waals surface area contributed by atoms with E-state index in [1.807, 2.05) is 11.4 Å². The van der Waals surface area contributed by atoms with E-state index in [1.165, 1.54) is 23.1 Å². The van der Waals surface area contributed by atoms with Crippen molar-refractivity contribution < 1.29 is 9.52 Å². The molecule has 2 heterocycles. The third-order valence-corrected chi connectivity index (χ3v) is 5.37. The highest BCUT2D eigenvalue weighted by atomic mass is 32.2. The number of thiophene rings is 1. The van der Waals surface area contributed by atoms with Gasteiger partial charge in [0.25, 0.3) is 5.22 Å². The molecular formula is C13H16N2O2S2. The summed E-state index contributed by atoms with van der Waals surface area (Å²) < 4.78 is 5.64. The fourth-order valence-electron chi connectivity index (χ4n) is 2.26. The molecule has 6 heteroatoms. The van der Waals surface area contributed by atoms with Crippen molar-refractivity contribution in [2.75, 3.05) is 0 Å². The van der Waals surface area contributed by atoms with Crippen molar-refractivity contribution in [2.24, 2.45) is 0 Å². The Kier molecular flexibility index (Phi) is 4.20. The molecule has 1 aliphatic carbocycles. The first kappa shape index (κ1) is 13.1. The molecule has 0 aliphatic heterocycles. The van der Waals surface area contributed by atoms with Crippen LogP contribution in [0.25, 0.3) is 0 Å². The summed E-state index contributed by atoms with van der Waals surface area (Å²) in [6, 6.07) is 4.08. The van der Waals surface area contributed by atoms with Crippen LogP contribution in [-0.2, 0) is 6.42 Å². The summed E-state index contributed by atoms with van der Waals surface area (Å²) >= 11 is 3.21. The molecule has 0 radical (unpaired) electrons. The van der Waals surface area contributed by atoms with Crippen LogP contribution in [0.2, 0.25) is 0 Å². The Morgan fingerprint density at radius 1 is 1.37 bits per heavy atom. The molecule has 1 N–H and O–H groups in total. The molecule has 2 aromatic heterocycles. The van der Waals surface area contributed by atoms with Gasteiger partial charge in [-0.25, -0.2) is 0 Å². The molecule has 1 aliphatic rings. The van der Waals surface area contributed by atoms with E-state index >= 15 is 0 Å². The van der Waals surface area contributed by atoms with Crippen LogP contribution >= 0.6 is 23.1 Å². The molecule has 2 unspecified atom stereocenters. The van der Waals surface area contributed by atoms with Crippen molar-refractivity contribution in [3.05, 3.63) is 28.3 Å². The van der Waals surface area contributed by atoms with E-state index in [0.29, 0.717) is 17.5 Å². The lowest BCUT2D eigenvalue weighted by Crippen LogP contribution is -2.26. The zero-order valence-electron chi connectivity index (χ0n) is 10.5. The van der Waals surface area contributed by atoms with Crippen molar-refractivity contribution in [1.82, 2.24) is 10.2 Å². The molecule has 0 amide bonds. The van der Waals surface area contributed by atoms with Crippen molar-refractivity contribution >= 4 is 23.1 Å². The van der Waals surface area contributed by atoms with Gasteiger partial charge in [0.1, 0.15) is 0 Å². The third kappa shape index (κ3) is 3.38. The summed E-state index contributed by atoms with van der Waals surface area (Å²) in [5.74, 6) is 0.648. The maximum absolute atomic E-state index is 9.94. The Hall–Kier alpha value is -0.850. The Labute approximate surface area is 120 Å². The summed E-state index contributed by atoms with van der Waals surface area (Å²) in [5.41, 5.74) is 0. The first-order chi connectivity index (χ1) is 9.31. The molecule has 1 fully saturated rings. The highest BCUT2D eigenvalue weighted by Crippen LogP contribution is 2.33. The second kappa shape index (κ2) is 6.07. The molecule has 3 rings (SSSR count). The van der Waals surface area contributed by atoms with Gasteiger partial charge in [0.05, 0.1) is 12.5 Å². The van der Waals surface area contributed by atoms with Gasteiger partial charge in [-0.1, -0.05) is 30.7 Å². The lowest BCUT2D eigenvalue weighted by molar-refractivity contribution is 0.136. The van der Waals surface area contributed by atoms with E-state index in [2.05, 4.69) is 16.3 Å². The highest BCUT2D eigenvalue weighted by molar-refractivity contribution is 7.99. The predicted octanol–water partition coefficient (Wildman–Crippen LogP) is 3.12. The molecule has 2 atom stereocenters. The molecule has 0 spiro atoms. The smallest absolute Gasteiger partial charge is 0.276 e. The van der Waals surface area contributed by atoms with Gasteiger partial charge < -0.3 is 9.52 Å². The molecule has 0 aromatic carbocycles. The standard InChI is InChI=1S/C13H16N2O2S2/c16-10-5-1-2-6-11(10)19-13-15-14-12(17-13)8-9-4-3-7-18-9/h3-4,7,10-11,16H,1-2,5-6,8H2. The van der Waals surface area contributed by atoms with Gasteiger partial charge in [-0.3, -0.25) is 0 Å². The van der Waals surface area contributed by atoms with E-state index in [1.54, 1.807) is 11.3 Å². The van der Waals surface area contributed by atoms with E-state index in [4.69, 9.17) is 4.42 Å². The Morgan fingerprint density at radius 3 is 3.05 bits per heavy atom. The molecule has 4 nitrogen and oxygen atoms in total. The van der Waals surface area contributed by atoms with Gasteiger partial charge in [0, 0.05) is 10.1 Å². The second-order valence-electron chi connectivity index (χ2n) is 4.73. The molecule has 0 bridgehead atoms. The van der Waals surface area contributed by atoms with Crippen LogP contribution in [0.1, 0.15) is 36.5 Å². The van der Waals surface area contributed by atoms with Crippen molar-refractivity contribution in [1.29, 1.82) is 0 Å². The van der Waals surface area contributed by atoms with Gasteiger partial charge in [-0.15, -0.1) is 21.5 Å². The number of aliphatic hydroxyl groups is 1. The van der Waals surface area contributed by atoms with E-state index in [0.717, 1.165) is 19.3 Å². The number of rotatable bonds is 4. The van der Waals surface area contributed by atoms with E-state index in [9.17, 15) is 5.11 Å². The van der Waals surface area contributed by atoms with E-state index < -0.39 is 0 Å². The van der Waals surface area contributed by atoms with Crippen LogP contribution < -0.4 is 0 Å². The highest BCUT2D eigenvalue weighted by Gasteiger charge is 2.26. The summed E-state index contributed by atoms with van der Waals surface area (Å²) in [6.07, 6.45) is 4.64. The van der Waals surface area contributed by atoms with Crippen molar-refractivity contribution in [2.45, 2.75) is 48.7 Å². The SMILES string of the molecule is OC1CCCCC1Sc1nnc(Cc2cccs2)o1. The lowest BCUT2D eigenvalue weighted by atomic mass is 9.97. The van der Waals surface area contributed by atoms with Gasteiger partial charge in [0.2, 0.25) is 5.89 Å². The number of nitrogens with zero attached hydrogens (tertiary/aromatic N) is 2. The second-order valence-corrected chi connectivity index (χ2v) is 6.95. The monoisotopic (exact) mass is 296 g/mol. The summed E-state index contributed by atoms with van der Waals surface area (Å²) in [5, 5.41) is 20.9. The zero-order chi connectivity index (χ0) is 13.1. The number of aromatic nitrogens is 2. The maximum atomic E-state index is 9.94. The summed E-state index contributed by atoms with van der Waals surface area (Å²) in [6.45, 7) is 0. The number of hydrogen-bond donors (Lipinski definition) is 1. The predicted molar refractivity (Wildman–Crippen MR) is 75.5 cm³/mol. The molecule has 1 saturated carbocycles. The van der Waals surface area contributed by atoms with Crippen LogP contribution in [0.15, 0.2) is 27.2 Å². The number of thioether (sulfide) groups is 1. The minimum atomic E-state index is -0.244. The Morgan fingerprint density at radius 2 is 2.26 bits per heavy atom. The largest absolute Gasteiger partial charge is 0.416 e. The average Bonchev–Trinajstić information content (AvgIpc) is 3.05. The van der Waals surface area contributed by atoms with Gasteiger partial charge >= 0.3 is 0 Å². The van der Waals surface area contributed by atoms with Crippen LogP contribution in [0, 0.1) is 0 Å². The normalized spacial score (nSPS) is 23.6. The lowest BCUT2D eigenvalue weighted by Gasteiger charge is -2.25. The quantitative estimate of drug-likeness (QED) is 0.939. The zero-order valence-corrected chi connectivity index (χ0v) is 12.1. The minimum Gasteiger partial charge on any atom is -0.416 e. The fraction of sp³-hybridized carbons (Fsp3) is 0.538. The summed E-state index contributed by atoms with van der Waals surface area (Å²) in [7, 11) is 0. The topological polar surface area (TPSA) is 59.2 Å². The van der Waals surface area contributed by atoms with Crippen LogP contribution in [0.4, 0.5) is 0 Å². The number of hydrogen-bond acceptors (Lipinski definition) is 6. The third-order valence-electron chi connectivity index (χ3n) is 3.27. The molecule has 19 heavy (non-hydrogen) atoms. The van der Waals surface area contributed by atoms with Crippen molar-refractivity contribution in [3.8, 4) is 0 Å². The first-order valence-corrected chi connectivity index (χ1v) is 8.26. The minimum absolute atomic E-state index is 0.198. The van der Waals surface area contributed by atoms with Crippen molar-refractivity contribution in [3.63, 3.8) is 0 Å². The van der Waals surface area contributed by atoms with Crippen LogP contribution in [0.3, 0.4) is 0 Å². The maximum Gasteiger partial charge on any atom is 0.276 e. The molecule has 2 aromatic rings. The van der Waals surface area contributed by atoms with Crippen LogP contribution in [-0.4, -0.2) is 26.7 Å². The van der Waals surface area contributed by atoms with Gasteiger partial charge in [0.15, 0.2) is 0 Å². The molecular weight excluding hydrogens is 280 g/mol. The Bertz CT molecular complexity index is 512. The van der Waals surface area contributed by atoms with Crippen LogP contribution in [0.5, 0.6) is 0 Å². The number of aliphatic hydroxyl groups excluding tert-OH is 1. The molecule has 0 saturated heterocycles. The average molecular weight is 296 g/mol. The molecule has 102 valence electrons.